The van der Waals surface area contributed by atoms with E-state index >= 15 is 0 Å². The Hall–Kier alpha value is -3.77. The van der Waals surface area contributed by atoms with Crippen LogP contribution in [-0.4, -0.2) is 80.4 Å². The Balaban J connectivity index is 1.28. The molecule has 0 aromatic carbocycles. The number of halogens is 2. The molecule has 0 unspecified atom stereocenters. The SMILES string of the molecule is CC[C@H]1CN(C(=O)Nc2ccc(N3CC(F)(F)C3)nc2C)CCN1c1nc(N)nc2c1cnn2C. The minimum absolute atomic E-state index is 0.0295. The van der Waals surface area contributed by atoms with Gasteiger partial charge in [-0.25, -0.2) is 18.6 Å². The number of amides is 2. The van der Waals surface area contributed by atoms with E-state index in [0.29, 0.717) is 42.5 Å². The molecule has 5 heterocycles. The summed E-state index contributed by atoms with van der Waals surface area (Å²) in [5.41, 5.74) is 7.76. The second kappa shape index (κ2) is 8.47. The van der Waals surface area contributed by atoms with Gasteiger partial charge in [-0.15, -0.1) is 0 Å². The molecule has 3 aromatic heterocycles. The zero-order chi connectivity index (χ0) is 24.9. The zero-order valence-electron chi connectivity index (χ0n) is 19.9. The molecule has 0 saturated carbocycles. The lowest BCUT2D eigenvalue weighted by Crippen LogP contribution is -2.56. The van der Waals surface area contributed by atoms with Crippen LogP contribution in [0.25, 0.3) is 11.0 Å². The summed E-state index contributed by atoms with van der Waals surface area (Å²) >= 11 is 0. The minimum Gasteiger partial charge on any atom is -0.368 e. The van der Waals surface area contributed by atoms with E-state index in [4.69, 9.17) is 5.73 Å². The number of anilines is 4. The van der Waals surface area contributed by atoms with Crippen molar-refractivity contribution in [3.8, 4) is 0 Å². The van der Waals surface area contributed by atoms with Crippen molar-refractivity contribution in [3.63, 3.8) is 0 Å². The molecular formula is C22H28F2N10O. The van der Waals surface area contributed by atoms with Gasteiger partial charge in [-0.05, 0) is 25.5 Å². The van der Waals surface area contributed by atoms with Gasteiger partial charge in [0.15, 0.2) is 5.65 Å². The van der Waals surface area contributed by atoms with Gasteiger partial charge in [0.25, 0.3) is 5.92 Å². The van der Waals surface area contributed by atoms with Crippen molar-refractivity contribution in [3.05, 3.63) is 24.0 Å². The largest absolute Gasteiger partial charge is 0.368 e. The fourth-order valence-electron chi connectivity index (χ4n) is 4.64. The molecule has 2 aliphatic heterocycles. The molecule has 2 saturated heterocycles. The molecule has 35 heavy (non-hydrogen) atoms. The first-order chi connectivity index (χ1) is 16.6. The number of piperazine rings is 1. The average molecular weight is 487 g/mol. The Morgan fingerprint density at radius 1 is 1.23 bits per heavy atom. The van der Waals surface area contributed by atoms with Crippen LogP contribution in [0.2, 0.25) is 0 Å². The standard InChI is InChI=1S/C22H28F2N10O/c1-4-14-10-32(7-8-34(14)19-15-9-26-31(3)18(15)29-20(25)30-19)21(35)28-16-5-6-17(27-13(16)2)33-11-22(23,24)12-33/h5-6,9,14H,4,7-8,10-12H2,1-3H3,(H,28,35)(H2,25,29,30)/t14-/m0/s1. The van der Waals surface area contributed by atoms with Crippen molar-refractivity contribution in [2.75, 3.05) is 53.6 Å². The molecular weight excluding hydrogens is 458 g/mol. The number of aryl methyl sites for hydroxylation is 2. The first-order valence-corrected chi connectivity index (χ1v) is 11.5. The number of nitrogens with one attached hydrogen (secondary N) is 1. The fraction of sp³-hybridized carbons (Fsp3) is 0.500. The maximum Gasteiger partial charge on any atom is 0.322 e. The Morgan fingerprint density at radius 2 is 2.00 bits per heavy atom. The molecule has 186 valence electrons. The van der Waals surface area contributed by atoms with Crippen molar-refractivity contribution in [1.29, 1.82) is 0 Å². The van der Waals surface area contributed by atoms with Crippen molar-refractivity contribution < 1.29 is 13.6 Å². The van der Waals surface area contributed by atoms with Crippen molar-refractivity contribution in [1.82, 2.24) is 29.6 Å². The highest BCUT2D eigenvalue weighted by Gasteiger charge is 2.44. The number of hydrogen-bond donors (Lipinski definition) is 2. The molecule has 3 aromatic rings. The number of fused-ring (bicyclic) bond motifs is 1. The van der Waals surface area contributed by atoms with Crippen LogP contribution in [0, 0.1) is 6.92 Å². The third-order valence-electron chi connectivity index (χ3n) is 6.58. The highest BCUT2D eigenvalue weighted by Crippen LogP contribution is 2.32. The van der Waals surface area contributed by atoms with Crippen molar-refractivity contribution >= 4 is 40.3 Å². The van der Waals surface area contributed by atoms with Gasteiger partial charge in [0.1, 0.15) is 11.6 Å². The molecule has 2 fully saturated rings. The number of nitrogens with zero attached hydrogens (tertiary/aromatic N) is 8. The number of nitrogens with two attached hydrogens (primary N) is 1. The third kappa shape index (κ3) is 4.26. The van der Waals surface area contributed by atoms with Crippen LogP contribution < -0.4 is 20.9 Å². The summed E-state index contributed by atoms with van der Waals surface area (Å²) in [5, 5.41) is 8.03. The van der Waals surface area contributed by atoms with Crippen LogP contribution in [0.3, 0.4) is 0 Å². The van der Waals surface area contributed by atoms with Gasteiger partial charge < -0.3 is 25.8 Å². The molecule has 2 aliphatic rings. The molecule has 0 aliphatic carbocycles. The van der Waals surface area contributed by atoms with E-state index in [9.17, 15) is 13.6 Å². The van der Waals surface area contributed by atoms with Gasteiger partial charge in [-0.2, -0.15) is 15.1 Å². The summed E-state index contributed by atoms with van der Waals surface area (Å²) in [5.74, 6) is -1.28. The third-order valence-corrected chi connectivity index (χ3v) is 6.58. The van der Waals surface area contributed by atoms with Crippen LogP contribution >= 0.6 is 0 Å². The molecule has 2 amide bonds. The first-order valence-electron chi connectivity index (χ1n) is 11.5. The fourth-order valence-corrected chi connectivity index (χ4v) is 4.64. The number of pyridine rings is 1. The second-order valence-electron chi connectivity index (χ2n) is 9.06. The van der Waals surface area contributed by atoms with Crippen LogP contribution in [0.1, 0.15) is 19.0 Å². The molecule has 3 N–H and O–H groups in total. The molecule has 0 spiro atoms. The smallest absolute Gasteiger partial charge is 0.322 e. The monoisotopic (exact) mass is 486 g/mol. The normalized spacial score (nSPS) is 19.7. The summed E-state index contributed by atoms with van der Waals surface area (Å²) in [4.78, 5) is 31.7. The lowest BCUT2D eigenvalue weighted by Gasteiger charge is -2.42. The molecule has 11 nitrogen and oxygen atoms in total. The molecule has 0 bridgehead atoms. The number of nitrogen functional groups attached to an aromatic ring is 1. The van der Waals surface area contributed by atoms with Gasteiger partial charge in [-0.1, -0.05) is 6.92 Å². The summed E-state index contributed by atoms with van der Waals surface area (Å²) in [7, 11) is 1.81. The number of urea groups is 1. The maximum atomic E-state index is 13.2. The van der Waals surface area contributed by atoms with Gasteiger partial charge in [0, 0.05) is 32.7 Å². The lowest BCUT2D eigenvalue weighted by atomic mass is 10.1. The van der Waals surface area contributed by atoms with E-state index in [1.807, 2.05) is 0 Å². The van der Waals surface area contributed by atoms with Gasteiger partial charge in [0.2, 0.25) is 5.95 Å². The van der Waals surface area contributed by atoms with E-state index in [-0.39, 0.29) is 31.1 Å². The van der Waals surface area contributed by atoms with E-state index < -0.39 is 5.92 Å². The first kappa shape index (κ1) is 23.0. The van der Waals surface area contributed by atoms with Gasteiger partial charge in [-0.3, -0.25) is 4.68 Å². The quantitative estimate of drug-likeness (QED) is 0.576. The Labute approximate surface area is 200 Å². The average Bonchev–Trinajstić information content (AvgIpc) is 3.18. The maximum absolute atomic E-state index is 13.2. The lowest BCUT2D eigenvalue weighted by molar-refractivity contribution is -0.0267. The predicted octanol–water partition coefficient (Wildman–Crippen LogP) is 2.24. The molecule has 13 heteroatoms. The topological polar surface area (TPSA) is 121 Å². The van der Waals surface area contributed by atoms with Crippen LogP contribution in [-0.2, 0) is 7.05 Å². The van der Waals surface area contributed by atoms with Crippen LogP contribution in [0.5, 0.6) is 0 Å². The summed E-state index contributed by atoms with van der Waals surface area (Å²) in [6.45, 7) is 4.71. The predicted molar refractivity (Wildman–Crippen MR) is 129 cm³/mol. The Kier molecular flexibility index (Phi) is 5.56. The number of aromatic nitrogens is 5. The van der Waals surface area contributed by atoms with E-state index in [0.717, 1.165) is 17.6 Å². The Morgan fingerprint density at radius 3 is 2.69 bits per heavy atom. The molecule has 5 rings (SSSR count). The zero-order valence-corrected chi connectivity index (χ0v) is 19.9. The van der Waals surface area contributed by atoms with E-state index in [1.165, 1.54) is 4.90 Å². The van der Waals surface area contributed by atoms with Crippen molar-refractivity contribution in [2.45, 2.75) is 32.2 Å². The van der Waals surface area contributed by atoms with Crippen LogP contribution in [0.15, 0.2) is 18.3 Å². The van der Waals surface area contributed by atoms with Crippen molar-refractivity contribution in [2.24, 2.45) is 7.05 Å². The summed E-state index contributed by atoms with van der Waals surface area (Å²) in [6.07, 6.45) is 2.53. The number of hydrogen-bond acceptors (Lipinski definition) is 8. The van der Waals surface area contributed by atoms with Gasteiger partial charge >= 0.3 is 6.03 Å². The second-order valence-corrected chi connectivity index (χ2v) is 9.06. The van der Waals surface area contributed by atoms with Crippen LogP contribution in [0.4, 0.5) is 36.8 Å². The minimum atomic E-state index is -2.67. The number of alkyl halides is 2. The van der Waals surface area contributed by atoms with Gasteiger partial charge in [0.05, 0.1) is 36.1 Å². The van der Waals surface area contributed by atoms with E-state index in [1.54, 1.807) is 41.9 Å². The van der Waals surface area contributed by atoms with E-state index in [2.05, 4.69) is 37.2 Å². The number of carbonyl (C=O) groups is 1. The number of carbonyl (C=O) groups excluding carboxylic acids is 1. The number of rotatable bonds is 4. The Bertz CT molecular complexity index is 1270. The highest BCUT2D eigenvalue weighted by atomic mass is 19.3. The molecule has 1 atom stereocenters. The highest BCUT2D eigenvalue weighted by molar-refractivity contribution is 5.91. The summed E-state index contributed by atoms with van der Waals surface area (Å²) < 4.78 is 28.0. The molecule has 0 radical (unpaired) electrons. The summed E-state index contributed by atoms with van der Waals surface area (Å²) in [6, 6.07) is 3.16.